The van der Waals surface area contributed by atoms with E-state index in [-0.39, 0.29) is 23.7 Å². The fourth-order valence-electron chi connectivity index (χ4n) is 2.64. The van der Waals surface area contributed by atoms with E-state index in [1.807, 2.05) is 30.5 Å². The first-order chi connectivity index (χ1) is 13.0. The molecule has 136 valence electrons. The third kappa shape index (κ3) is 4.73. The van der Waals surface area contributed by atoms with Gasteiger partial charge in [-0.3, -0.25) is 9.59 Å². The topological polar surface area (TPSA) is 79.4 Å². The Morgan fingerprint density at radius 2 is 1.67 bits per heavy atom. The third-order valence-electron chi connectivity index (χ3n) is 4.05. The molecule has 5 nitrogen and oxygen atoms in total. The molecule has 1 heterocycles. The summed E-state index contributed by atoms with van der Waals surface area (Å²) in [5, 5.41) is 10.6. The fourth-order valence-corrected chi connectivity index (χ4v) is 2.64. The Morgan fingerprint density at radius 1 is 1.00 bits per heavy atom. The zero-order valence-corrected chi connectivity index (χ0v) is 14.8. The number of rotatable bonds is 7. The van der Waals surface area contributed by atoms with E-state index in [0.717, 1.165) is 16.5 Å². The van der Waals surface area contributed by atoms with E-state index in [9.17, 15) is 14.7 Å². The molecule has 0 atom stereocenters. The van der Waals surface area contributed by atoms with Crippen molar-refractivity contribution in [3.63, 3.8) is 0 Å². The summed E-state index contributed by atoms with van der Waals surface area (Å²) < 4.78 is 5.02. The Labute approximate surface area is 156 Å². The highest BCUT2D eigenvalue weighted by Crippen LogP contribution is 2.26. The molecule has 5 heteroatoms. The van der Waals surface area contributed by atoms with E-state index in [4.69, 9.17) is 4.74 Å². The van der Waals surface area contributed by atoms with Crippen LogP contribution in [0.3, 0.4) is 0 Å². The maximum Gasteiger partial charge on any atom is 0.163 e. The number of fused-ring (bicyclic) bond motifs is 1. The van der Waals surface area contributed by atoms with Crippen molar-refractivity contribution in [2.75, 3.05) is 7.11 Å². The maximum atomic E-state index is 12.0. The molecule has 0 bridgehead atoms. The van der Waals surface area contributed by atoms with Crippen molar-refractivity contribution in [3.05, 3.63) is 71.9 Å². The molecule has 1 aromatic heterocycles. The Hall–Kier alpha value is -3.60. The van der Waals surface area contributed by atoms with E-state index < -0.39 is 0 Å². The third-order valence-corrected chi connectivity index (χ3v) is 4.05. The molecule has 0 spiro atoms. The minimum Gasteiger partial charge on any atom is -0.504 e. The second-order valence-electron chi connectivity index (χ2n) is 6.03. The molecule has 0 saturated heterocycles. The van der Waals surface area contributed by atoms with Crippen LogP contribution >= 0.6 is 0 Å². The number of aromatic hydroxyl groups is 1. The number of methoxy groups -OCH3 is 1. The van der Waals surface area contributed by atoms with Gasteiger partial charge in [0.1, 0.15) is 0 Å². The summed E-state index contributed by atoms with van der Waals surface area (Å²) in [6, 6.07) is 12.5. The zero-order chi connectivity index (χ0) is 19.2. The number of ether oxygens (including phenoxy) is 1. The lowest BCUT2D eigenvalue weighted by Crippen LogP contribution is -2.01. The molecule has 0 amide bonds. The van der Waals surface area contributed by atoms with E-state index in [0.29, 0.717) is 11.3 Å². The van der Waals surface area contributed by atoms with Crippen molar-refractivity contribution in [3.8, 4) is 11.5 Å². The number of nitrogens with one attached hydrogen (secondary N) is 1. The molecule has 0 aliphatic carbocycles. The normalized spacial score (nSPS) is 11.4. The lowest BCUT2D eigenvalue weighted by molar-refractivity contribution is -0.121. The summed E-state index contributed by atoms with van der Waals surface area (Å²) in [5.41, 5.74) is 2.63. The molecule has 0 fully saturated rings. The molecule has 0 aliphatic heterocycles. The Bertz CT molecular complexity index is 1040. The first-order valence-corrected chi connectivity index (χ1v) is 8.41. The van der Waals surface area contributed by atoms with Crippen molar-refractivity contribution in [1.29, 1.82) is 0 Å². The number of allylic oxidation sites excluding steroid dienone is 2. The van der Waals surface area contributed by atoms with Crippen molar-refractivity contribution < 1.29 is 19.4 Å². The van der Waals surface area contributed by atoms with Crippen molar-refractivity contribution in [2.24, 2.45) is 0 Å². The SMILES string of the molecule is COc1cc(C=CC(=O)CC(=O)C=Cc2ccc3[nH]ccc3c2)ccc1O. The van der Waals surface area contributed by atoms with Crippen LogP contribution in [0.4, 0.5) is 0 Å². The Kier molecular flexibility index (Phi) is 5.52. The van der Waals surface area contributed by atoms with Crippen LogP contribution in [0, 0.1) is 0 Å². The number of carbonyl (C=O) groups is 2. The summed E-state index contributed by atoms with van der Waals surface area (Å²) in [5.74, 6) is -0.206. The average molecular weight is 361 g/mol. The van der Waals surface area contributed by atoms with Gasteiger partial charge in [-0.1, -0.05) is 24.3 Å². The smallest absolute Gasteiger partial charge is 0.163 e. The molecule has 0 saturated carbocycles. The average Bonchev–Trinajstić information content (AvgIpc) is 3.13. The summed E-state index contributed by atoms with van der Waals surface area (Å²) in [7, 11) is 1.45. The van der Waals surface area contributed by atoms with E-state index in [2.05, 4.69) is 4.98 Å². The number of phenols is 1. The summed E-state index contributed by atoms with van der Waals surface area (Å²) in [6.45, 7) is 0. The van der Waals surface area contributed by atoms with Crippen LogP contribution in [-0.2, 0) is 9.59 Å². The molecule has 2 aromatic carbocycles. The van der Waals surface area contributed by atoms with Crippen molar-refractivity contribution in [2.45, 2.75) is 6.42 Å². The van der Waals surface area contributed by atoms with E-state index >= 15 is 0 Å². The largest absolute Gasteiger partial charge is 0.504 e. The number of hydrogen-bond acceptors (Lipinski definition) is 4. The predicted molar refractivity (Wildman–Crippen MR) is 106 cm³/mol. The summed E-state index contributed by atoms with van der Waals surface area (Å²) in [6.07, 6.45) is 7.72. The lowest BCUT2D eigenvalue weighted by atomic mass is 10.1. The van der Waals surface area contributed by atoms with Gasteiger partial charge in [-0.05, 0) is 59.0 Å². The first kappa shape index (κ1) is 18.2. The zero-order valence-electron chi connectivity index (χ0n) is 14.8. The van der Waals surface area contributed by atoms with Gasteiger partial charge >= 0.3 is 0 Å². The summed E-state index contributed by atoms with van der Waals surface area (Å²) in [4.78, 5) is 27.1. The first-order valence-electron chi connectivity index (χ1n) is 8.41. The van der Waals surface area contributed by atoms with Gasteiger partial charge in [0.15, 0.2) is 23.1 Å². The summed E-state index contributed by atoms with van der Waals surface area (Å²) >= 11 is 0. The number of hydrogen-bond donors (Lipinski definition) is 2. The molecule has 3 aromatic rings. The van der Waals surface area contributed by atoms with Crippen molar-refractivity contribution in [1.82, 2.24) is 4.98 Å². The highest BCUT2D eigenvalue weighted by molar-refractivity contribution is 6.11. The monoisotopic (exact) mass is 361 g/mol. The fraction of sp³-hybridized carbons (Fsp3) is 0.0909. The number of H-pyrrole nitrogens is 1. The number of aromatic amines is 1. The van der Waals surface area contributed by atoms with Gasteiger partial charge in [-0.25, -0.2) is 0 Å². The second kappa shape index (κ2) is 8.19. The van der Waals surface area contributed by atoms with Crippen LogP contribution in [0.2, 0.25) is 0 Å². The highest BCUT2D eigenvalue weighted by Gasteiger charge is 2.05. The molecule has 0 unspecified atom stereocenters. The van der Waals surface area contributed by atoms with E-state index in [1.54, 1.807) is 24.3 Å². The van der Waals surface area contributed by atoms with Gasteiger partial charge in [0.2, 0.25) is 0 Å². The van der Waals surface area contributed by atoms with Gasteiger partial charge in [-0.15, -0.1) is 0 Å². The van der Waals surface area contributed by atoms with E-state index in [1.165, 1.54) is 25.3 Å². The predicted octanol–water partition coefficient (Wildman–Crippen LogP) is 4.14. The molecule has 3 rings (SSSR count). The van der Waals surface area contributed by atoms with Crippen LogP contribution in [0.15, 0.2) is 60.8 Å². The Morgan fingerprint density at radius 3 is 2.37 bits per heavy atom. The standard InChI is InChI=1S/C22H19NO4/c1-27-22-13-16(5-9-21(22)26)3-7-19(25)14-18(24)6-2-15-4-8-20-17(12-15)10-11-23-20/h2-13,23,26H,14H2,1H3. The van der Waals surface area contributed by atoms with Gasteiger partial charge in [0.05, 0.1) is 13.5 Å². The molecule has 0 aliphatic rings. The van der Waals surface area contributed by atoms with Crippen LogP contribution in [0.5, 0.6) is 11.5 Å². The van der Waals surface area contributed by atoms with Crippen LogP contribution in [-0.4, -0.2) is 28.8 Å². The van der Waals surface area contributed by atoms with Gasteiger partial charge in [-0.2, -0.15) is 0 Å². The van der Waals surface area contributed by atoms with Gasteiger partial charge in [0.25, 0.3) is 0 Å². The second-order valence-corrected chi connectivity index (χ2v) is 6.03. The molecular weight excluding hydrogens is 342 g/mol. The highest BCUT2D eigenvalue weighted by atomic mass is 16.5. The van der Waals surface area contributed by atoms with Crippen LogP contribution < -0.4 is 4.74 Å². The van der Waals surface area contributed by atoms with Crippen LogP contribution in [0.25, 0.3) is 23.1 Å². The maximum absolute atomic E-state index is 12.0. The minimum atomic E-state index is -0.294. The van der Waals surface area contributed by atoms with Crippen LogP contribution in [0.1, 0.15) is 17.5 Å². The number of aromatic nitrogens is 1. The molecular formula is C22H19NO4. The van der Waals surface area contributed by atoms with Gasteiger partial charge in [0, 0.05) is 11.7 Å². The quantitative estimate of drug-likeness (QED) is 0.490. The number of ketones is 2. The number of phenolic OH excluding ortho intramolecular Hbond substituents is 1. The minimum absolute atomic E-state index is 0.0270. The number of carbonyl (C=O) groups excluding carboxylic acids is 2. The molecule has 0 radical (unpaired) electrons. The lowest BCUT2D eigenvalue weighted by Gasteiger charge is -2.03. The molecule has 27 heavy (non-hydrogen) atoms. The molecule has 2 N–H and O–H groups in total. The van der Waals surface area contributed by atoms with Gasteiger partial charge < -0.3 is 14.8 Å². The Balaban J connectivity index is 1.59. The number of benzene rings is 2. The van der Waals surface area contributed by atoms with Crippen molar-refractivity contribution >= 4 is 34.6 Å².